The largest absolute Gasteiger partial charge is 0.351 e. The fourth-order valence-electron chi connectivity index (χ4n) is 2.76. The van der Waals surface area contributed by atoms with Gasteiger partial charge in [-0.3, -0.25) is 9.78 Å². The molecule has 0 unspecified atom stereocenters. The van der Waals surface area contributed by atoms with Crippen LogP contribution in [0.5, 0.6) is 0 Å². The molecule has 1 aliphatic carbocycles. The van der Waals surface area contributed by atoms with E-state index in [2.05, 4.69) is 28.5 Å². The first-order chi connectivity index (χ1) is 11.3. The maximum atomic E-state index is 12.6. The van der Waals surface area contributed by atoms with E-state index in [1.165, 1.54) is 4.88 Å². The molecule has 0 bridgehead atoms. The summed E-state index contributed by atoms with van der Waals surface area (Å²) in [4.78, 5) is 19.3. The molecule has 3 aromatic heterocycles. The van der Waals surface area contributed by atoms with Gasteiger partial charge < -0.3 is 5.32 Å². The monoisotopic (exact) mass is 340 g/mol. The third kappa shape index (κ3) is 2.82. The predicted molar refractivity (Wildman–Crippen MR) is 94.6 cm³/mol. The second-order valence-electron chi connectivity index (χ2n) is 5.77. The second-order valence-corrected chi connectivity index (χ2v) is 7.66. The number of amides is 1. The number of nitrogens with one attached hydrogen (secondary N) is 1. The molecule has 0 aliphatic heterocycles. The zero-order valence-electron chi connectivity index (χ0n) is 12.5. The Kier molecular flexibility index (Phi) is 3.75. The first-order valence-corrected chi connectivity index (χ1v) is 9.35. The van der Waals surface area contributed by atoms with Gasteiger partial charge in [0.1, 0.15) is 0 Å². The van der Waals surface area contributed by atoms with E-state index in [1.54, 1.807) is 22.7 Å². The number of carbonyl (C=O) groups excluding carboxylic acids is 1. The molecule has 0 saturated heterocycles. The van der Waals surface area contributed by atoms with Crippen LogP contribution >= 0.6 is 22.7 Å². The molecule has 23 heavy (non-hydrogen) atoms. The third-order valence-electron chi connectivity index (χ3n) is 4.23. The van der Waals surface area contributed by atoms with Crippen molar-refractivity contribution < 1.29 is 4.79 Å². The minimum absolute atomic E-state index is 0.148. The van der Waals surface area contributed by atoms with Gasteiger partial charge in [0.05, 0.1) is 16.0 Å². The van der Waals surface area contributed by atoms with Crippen LogP contribution in [-0.4, -0.2) is 10.9 Å². The van der Waals surface area contributed by atoms with E-state index in [-0.39, 0.29) is 11.3 Å². The molecule has 3 heterocycles. The molecule has 4 rings (SSSR count). The fraction of sp³-hybridized carbons (Fsp3) is 0.222. The van der Waals surface area contributed by atoms with Crippen molar-refractivity contribution in [2.75, 3.05) is 0 Å². The van der Waals surface area contributed by atoms with Crippen molar-refractivity contribution in [1.29, 1.82) is 0 Å². The number of nitrogens with zero attached hydrogens (tertiary/aromatic N) is 1. The predicted octanol–water partition coefficient (Wildman–Crippen LogP) is 4.22. The normalized spacial score (nSPS) is 15.3. The van der Waals surface area contributed by atoms with Crippen LogP contribution in [0.3, 0.4) is 0 Å². The quantitative estimate of drug-likeness (QED) is 0.755. The fourth-order valence-corrected chi connectivity index (χ4v) is 4.43. The van der Waals surface area contributed by atoms with Crippen LogP contribution in [0.4, 0.5) is 0 Å². The molecular formula is C18H16N2OS2. The Balaban J connectivity index is 1.46. The minimum Gasteiger partial charge on any atom is -0.351 e. The van der Waals surface area contributed by atoms with E-state index in [4.69, 9.17) is 0 Å². The van der Waals surface area contributed by atoms with Gasteiger partial charge in [0.2, 0.25) is 5.91 Å². The number of rotatable bonds is 5. The standard InChI is InChI=1S/C18H16N2OS2/c21-17(18(6-7-18)16-4-2-10-23-16)20-12-13-5-8-19-14(11-13)15-3-1-9-22-15/h1-5,8-11H,6-7,12H2,(H,20,21). The van der Waals surface area contributed by atoms with Crippen molar-refractivity contribution in [2.24, 2.45) is 0 Å². The number of hydrogen-bond acceptors (Lipinski definition) is 4. The molecule has 0 radical (unpaired) electrons. The summed E-state index contributed by atoms with van der Waals surface area (Å²) in [6.07, 6.45) is 3.72. The van der Waals surface area contributed by atoms with Crippen LogP contribution in [-0.2, 0) is 16.8 Å². The molecule has 1 amide bonds. The van der Waals surface area contributed by atoms with Gasteiger partial charge in [-0.25, -0.2) is 0 Å². The van der Waals surface area contributed by atoms with Crippen LogP contribution in [0.15, 0.2) is 53.4 Å². The molecule has 116 valence electrons. The summed E-state index contributed by atoms with van der Waals surface area (Å²) < 4.78 is 0. The zero-order chi connectivity index (χ0) is 15.7. The SMILES string of the molecule is O=C(NCc1ccnc(-c2cccs2)c1)C1(c2cccs2)CC1. The highest BCUT2D eigenvalue weighted by Gasteiger charge is 2.51. The van der Waals surface area contributed by atoms with Crippen molar-refractivity contribution in [2.45, 2.75) is 24.8 Å². The summed E-state index contributed by atoms with van der Waals surface area (Å²) >= 11 is 3.35. The molecule has 1 saturated carbocycles. The molecule has 0 aromatic carbocycles. The van der Waals surface area contributed by atoms with E-state index in [9.17, 15) is 4.79 Å². The summed E-state index contributed by atoms with van der Waals surface area (Å²) in [5, 5.41) is 7.19. The summed E-state index contributed by atoms with van der Waals surface area (Å²) in [6, 6.07) is 12.2. The molecule has 3 nitrogen and oxygen atoms in total. The van der Waals surface area contributed by atoms with Gasteiger partial charge >= 0.3 is 0 Å². The van der Waals surface area contributed by atoms with Crippen molar-refractivity contribution in [3.8, 4) is 10.6 Å². The lowest BCUT2D eigenvalue weighted by molar-refractivity contribution is -0.123. The first kappa shape index (κ1) is 14.6. The Hall–Kier alpha value is -1.98. The lowest BCUT2D eigenvalue weighted by Crippen LogP contribution is -2.33. The van der Waals surface area contributed by atoms with Crippen molar-refractivity contribution in [3.05, 3.63) is 63.8 Å². The highest BCUT2D eigenvalue weighted by atomic mass is 32.1. The highest BCUT2D eigenvalue weighted by molar-refractivity contribution is 7.13. The van der Waals surface area contributed by atoms with Gasteiger partial charge in [-0.05, 0) is 53.4 Å². The molecular weight excluding hydrogens is 324 g/mol. The van der Waals surface area contributed by atoms with Crippen LogP contribution in [0.1, 0.15) is 23.3 Å². The number of pyridine rings is 1. The van der Waals surface area contributed by atoms with E-state index >= 15 is 0 Å². The smallest absolute Gasteiger partial charge is 0.231 e. The van der Waals surface area contributed by atoms with Gasteiger partial charge in [-0.15, -0.1) is 22.7 Å². The summed E-state index contributed by atoms with van der Waals surface area (Å²) in [5.74, 6) is 0.148. The summed E-state index contributed by atoms with van der Waals surface area (Å²) in [6.45, 7) is 0.548. The van der Waals surface area contributed by atoms with Gasteiger partial charge in [0, 0.05) is 17.6 Å². The van der Waals surface area contributed by atoms with Crippen molar-refractivity contribution in [3.63, 3.8) is 0 Å². The second kappa shape index (κ2) is 5.91. The van der Waals surface area contributed by atoms with Crippen LogP contribution < -0.4 is 5.32 Å². The average molecular weight is 340 g/mol. The molecule has 1 fully saturated rings. The average Bonchev–Trinajstić information content (AvgIpc) is 3.02. The third-order valence-corrected chi connectivity index (χ3v) is 6.19. The van der Waals surface area contributed by atoms with E-state index in [1.807, 2.05) is 35.2 Å². The van der Waals surface area contributed by atoms with Crippen LogP contribution in [0.25, 0.3) is 10.6 Å². The number of carbonyl (C=O) groups is 1. The summed E-state index contributed by atoms with van der Waals surface area (Å²) in [5.41, 5.74) is 1.78. The molecule has 5 heteroatoms. The van der Waals surface area contributed by atoms with Gasteiger partial charge in [-0.1, -0.05) is 12.1 Å². The lowest BCUT2D eigenvalue weighted by atomic mass is 10.0. The maximum absolute atomic E-state index is 12.6. The highest BCUT2D eigenvalue weighted by Crippen LogP contribution is 2.50. The topological polar surface area (TPSA) is 42.0 Å². The number of aromatic nitrogens is 1. The zero-order valence-corrected chi connectivity index (χ0v) is 14.1. The molecule has 1 N–H and O–H groups in total. The number of thiophene rings is 2. The molecule has 1 aliphatic rings. The Morgan fingerprint density at radius 2 is 2.00 bits per heavy atom. The van der Waals surface area contributed by atoms with Crippen molar-refractivity contribution in [1.82, 2.24) is 10.3 Å². The number of hydrogen-bond donors (Lipinski definition) is 1. The van der Waals surface area contributed by atoms with Crippen molar-refractivity contribution >= 4 is 28.6 Å². The molecule has 0 spiro atoms. The van der Waals surface area contributed by atoms with Gasteiger partial charge in [-0.2, -0.15) is 0 Å². The molecule has 3 aromatic rings. The van der Waals surface area contributed by atoms with Crippen LogP contribution in [0, 0.1) is 0 Å². The Morgan fingerprint density at radius 1 is 1.17 bits per heavy atom. The van der Waals surface area contributed by atoms with E-state index in [0.29, 0.717) is 6.54 Å². The summed E-state index contributed by atoms with van der Waals surface area (Å²) in [7, 11) is 0. The first-order valence-electron chi connectivity index (χ1n) is 7.59. The maximum Gasteiger partial charge on any atom is 0.231 e. The Morgan fingerprint density at radius 3 is 2.70 bits per heavy atom. The van der Waals surface area contributed by atoms with E-state index in [0.717, 1.165) is 29.0 Å². The van der Waals surface area contributed by atoms with Crippen LogP contribution in [0.2, 0.25) is 0 Å². The Bertz CT molecular complexity index is 805. The minimum atomic E-state index is -0.266. The molecule has 0 atom stereocenters. The van der Waals surface area contributed by atoms with Gasteiger partial charge in [0.25, 0.3) is 0 Å². The lowest BCUT2D eigenvalue weighted by Gasteiger charge is -2.14. The Labute approximate surface area is 143 Å². The van der Waals surface area contributed by atoms with E-state index < -0.39 is 0 Å². The van der Waals surface area contributed by atoms with Gasteiger partial charge in [0.15, 0.2) is 0 Å².